The lowest BCUT2D eigenvalue weighted by atomic mass is 10.2. The van der Waals surface area contributed by atoms with Crippen LogP contribution in [0.3, 0.4) is 0 Å². The van der Waals surface area contributed by atoms with Gasteiger partial charge >= 0.3 is 6.09 Å². The van der Waals surface area contributed by atoms with Crippen molar-refractivity contribution in [2.75, 3.05) is 11.4 Å². The van der Waals surface area contributed by atoms with Crippen LogP contribution in [0, 0.1) is 0 Å². The SMILES string of the molecule is CCCN(C(=O)OC(C)(C)C)c1ccc(Cl)cn1. The summed E-state index contributed by atoms with van der Waals surface area (Å²) in [5.41, 5.74) is -0.518. The number of halogens is 1. The molecule has 4 nitrogen and oxygen atoms in total. The normalized spacial score (nSPS) is 11.2. The fourth-order valence-electron chi connectivity index (χ4n) is 1.37. The Labute approximate surface area is 113 Å². The third-order valence-electron chi connectivity index (χ3n) is 2.05. The number of amides is 1. The fraction of sp³-hybridized carbons (Fsp3) is 0.538. The van der Waals surface area contributed by atoms with Crippen molar-refractivity contribution in [1.82, 2.24) is 4.98 Å². The first kappa shape index (κ1) is 14.8. The van der Waals surface area contributed by atoms with Gasteiger partial charge in [-0.2, -0.15) is 0 Å². The smallest absolute Gasteiger partial charge is 0.416 e. The lowest BCUT2D eigenvalue weighted by Gasteiger charge is -2.26. The molecule has 0 radical (unpaired) electrons. The van der Waals surface area contributed by atoms with E-state index in [2.05, 4.69) is 4.98 Å². The Morgan fingerprint density at radius 3 is 2.56 bits per heavy atom. The minimum Gasteiger partial charge on any atom is -0.443 e. The molecule has 0 aliphatic carbocycles. The van der Waals surface area contributed by atoms with Crippen LogP contribution in [0.15, 0.2) is 18.3 Å². The van der Waals surface area contributed by atoms with E-state index in [1.807, 2.05) is 27.7 Å². The summed E-state index contributed by atoms with van der Waals surface area (Å²) in [4.78, 5) is 17.7. The number of carbonyl (C=O) groups excluding carboxylic acids is 1. The molecule has 1 aromatic heterocycles. The summed E-state index contributed by atoms with van der Waals surface area (Å²) >= 11 is 5.78. The van der Waals surface area contributed by atoms with Crippen LogP contribution < -0.4 is 4.90 Å². The number of rotatable bonds is 3. The molecule has 0 aliphatic rings. The largest absolute Gasteiger partial charge is 0.443 e. The van der Waals surface area contributed by atoms with Gasteiger partial charge in [0.1, 0.15) is 11.4 Å². The maximum Gasteiger partial charge on any atom is 0.416 e. The predicted molar refractivity (Wildman–Crippen MR) is 73.1 cm³/mol. The van der Waals surface area contributed by atoms with Crippen LogP contribution in [0.2, 0.25) is 5.02 Å². The highest BCUT2D eigenvalue weighted by molar-refractivity contribution is 6.30. The van der Waals surface area contributed by atoms with Gasteiger partial charge in [0.15, 0.2) is 0 Å². The monoisotopic (exact) mass is 270 g/mol. The quantitative estimate of drug-likeness (QED) is 0.837. The minimum absolute atomic E-state index is 0.390. The molecule has 1 amide bonds. The fourth-order valence-corrected chi connectivity index (χ4v) is 1.48. The van der Waals surface area contributed by atoms with Gasteiger partial charge in [-0.3, -0.25) is 4.90 Å². The number of aromatic nitrogens is 1. The summed E-state index contributed by atoms with van der Waals surface area (Å²) < 4.78 is 5.35. The van der Waals surface area contributed by atoms with Crippen LogP contribution in [0.1, 0.15) is 34.1 Å². The standard InChI is InChI=1S/C13H19ClN2O2/c1-5-8-16(12(17)18-13(2,3)4)11-7-6-10(14)9-15-11/h6-7,9H,5,8H2,1-4H3. The number of hydrogen-bond donors (Lipinski definition) is 0. The molecule has 1 heterocycles. The van der Waals surface area contributed by atoms with Crippen molar-refractivity contribution in [1.29, 1.82) is 0 Å². The average Bonchev–Trinajstić information content (AvgIpc) is 2.25. The molecule has 1 rings (SSSR count). The van der Waals surface area contributed by atoms with E-state index in [1.165, 1.54) is 11.1 Å². The van der Waals surface area contributed by atoms with E-state index in [4.69, 9.17) is 16.3 Å². The molecule has 18 heavy (non-hydrogen) atoms. The van der Waals surface area contributed by atoms with Crippen molar-refractivity contribution in [3.05, 3.63) is 23.4 Å². The number of hydrogen-bond acceptors (Lipinski definition) is 3. The molecule has 1 aromatic rings. The lowest BCUT2D eigenvalue weighted by molar-refractivity contribution is 0.0579. The van der Waals surface area contributed by atoms with Gasteiger partial charge in [0.2, 0.25) is 0 Å². The number of ether oxygens (including phenoxy) is 1. The lowest BCUT2D eigenvalue weighted by Crippen LogP contribution is -2.37. The van der Waals surface area contributed by atoms with E-state index in [0.717, 1.165) is 6.42 Å². The van der Waals surface area contributed by atoms with Gasteiger partial charge < -0.3 is 4.74 Å². The summed E-state index contributed by atoms with van der Waals surface area (Å²) in [6.45, 7) is 8.07. The van der Waals surface area contributed by atoms with Crippen molar-refractivity contribution in [3.8, 4) is 0 Å². The van der Waals surface area contributed by atoms with Crippen LogP contribution in [-0.4, -0.2) is 23.2 Å². The zero-order chi connectivity index (χ0) is 13.8. The van der Waals surface area contributed by atoms with Crippen molar-refractivity contribution in [2.24, 2.45) is 0 Å². The average molecular weight is 271 g/mol. The third-order valence-corrected chi connectivity index (χ3v) is 2.27. The number of anilines is 1. The molecule has 5 heteroatoms. The van der Waals surface area contributed by atoms with Crippen LogP contribution in [0.4, 0.5) is 10.6 Å². The van der Waals surface area contributed by atoms with Crippen molar-refractivity contribution >= 4 is 23.5 Å². The second-order valence-corrected chi connectivity index (χ2v) is 5.40. The van der Waals surface area contributed by atoms with E-state index < -0.39 is 5.60 Å². The second-order valence-electron chi connectivity index (χ2n) is 4.97. The van der Waals surface area contributed by atoms with Crippen LogP contribution in [0.5, 0.6) is 0 Å². The first-order valence-corrected chi connectivity index (χ1v) is 6.33. The summed E-state index contributed by atoms with van der Waals surface area (Å²) in [5, 5.41) is 0.541. The van der Waals surface area contributed by atoms with Gasteiger partial charge in [-0.1, -0.05) is 18.5 Å². The molecule has 0 saturated heterocycles. The molecule has 0 atom stereocenters. The van der Waals surface area contributed by atoms with Crippen LogP contribution >= 0.6 is 11.6 Å². The Bertz CT molecular complexity index is 398. The van der Waals surface area contributed by atoms with E-state index in [0.29, 0.717) is 17.4 Å². The van der Waals surface area contributed by atoms with E-state index in [-0.39, 0.29) is 6.09 Å². The first-order chi connectivity index (χ1) is 8.33. The molecule has 0 unspecified atom stereocenters. The van der Waals surface area contributed by atoms with Crippen molar-refractivity contribution in [3.63, 3.8) is 0 Å². The van der Waals surface area contributed by atoms with Gasteiger partial charge in [-0.15, -0.1) is 0 Å². The maximum atomic E-state index is 12.1. The van der Waals surface area contributed by atoms with Crippen molar-refractivity contribution < 1.29 is 9.53 Å². The van der Waals surface area contributed by atoms with Gasteiger partial charge in [-0.05, 0) is 39.3 Å². The molecule has 0 bridgehead atoms. The molecule has 0 spiro atoms. The van der Waals surface area contributed by atoms with Gasteiger partial charge in [0, 0.05) is 12.7 Å². The zero-order valence-electron chi connectivity index (χ0n) is 11.2. The molecule has 0 fully saturated rings. The highest BCUT2D eigenvalue weighted by Crippen LogP contribution is 2.18. The topological polar surface area (TPSA) is 42.4 Å². The van der Waals surface area contributed by atoms with Crippen molar-refractivity contribution in [2.45, 2.75) is 39.7 Å². The zero-order valence-corrected chi connectivity index (χ0v) is 12.0. The first-order valence-electron chi connectivity index (χ1n) is 5.95. The predicted octanol–water partition coefficient (Wildman–Crippen LogP) is 3.89. The number of nitrogens with zero attached hydrogens (tertiary/aromatic N) is 2. The van der Waals surface area contributed by atoms with Gasteiger partial charge in [0.05, 0.1) is 5.02 Å². The highest BCUT2D eigenvalue weighted by atomic mass is 35.5. The van der Waals surface area contributed by atoms with Crippen LogP contribution in [-0.2, 0) is 4.74 Å². The molecule has 0 aromatic carbocycles. The summed E-state index contributed by atoms with van der Waals surface area (Å²) in [5.74, 6) is 0.551. The van der Waals surface area contributed by atoms with E-state index in [9.17, 15) is 4.79 Å². The highest BCUT2D eigenvalue weighted by Gasteiger charge is 2.23. The Balaban J connectivity index is 2.88. The summed E-state index contributed by atoms with van der Waals surface area (Å²) in [6, 6.07) is 3.42. The third kappa shape index (κ3) is 4.53. The molecular formula is C13H19ClN2O2. The molecule has 0 N–H and O–H groups in total. The summed E-state index contributed by atoms with van der Waals surface area (Å²) in [7, 11) is 0. The minimum atomic E-state index is -0.518. The molecule has 0 saturated carbocycles. The van der Waals surface area contributed by atoms with Crippen LogP contribution in [0.25, 0.3) is 0 Å². The summed E-state index contributed by atoms with van der Waals surface area (Å²) in [6.07, 6.45) is 1.95. The Morgan fingerprint density at radius 2 is 2.11 bits per heavy atom. The molecule has 0 aliphatic heterocycles. The van der Waals surface area contributed by atoms with Gasteiger partial charge in [-0.25, -0.2) is 9.78 Å². The Hall–Kier alpha value is -1.29. The molecule has 100 valence electrons. The number of pyridine rings is 1. The second kappa shape index (κ2) is 6.05. The van der Waals surface area contributed by atoms with E-state index >= 15 is 0 Å². The van der Waals surface area contributed by atoms with E-state index in [1.54, 1.807) is 12.1 Å². The maximum absolute atomic E-state index is 12.1. The number of carbonyl (C=O) groups is 1. The Morgan fingerprint density at radius 1 is 1.44 bits per heavy atom. The molecular weight excluding hydrogens is 252 g/mol. The van der Waals surface area contributed by atoms with Gasteiger partial charge in [0.25, 0.3) is 0 Å². The Kier molecular flexibility index (Phi) is 4.96.